The molecule has 1 aliphatic heterocycles. The molecule has 1 aromatic carbocycles. The quantitative estimate of drug-likeness (QED) is 0.850. The maximum atomic E-state index is 14.0. The van der Waals surface area contributed by atoms with Gasteiger partial charge in [0.1, 0.15) is 12.0 Å². The molecule has 138 valence electrons. The van der Waals surface area contributed by atoms with E-state index in [-0.39, 0.29) is 18.6 Å². The molecule has 0 spiro atoms. The van der Waals surface area contributed by atoms with Gasteiger partial charge in [-0.3, -0.25) is 9.69 Å². The maximum absolute atomic E-state index is 14.0. The Morgan fingerprint density at radius 1 is 1.35 bits per heavy atom. The molecule has 1 aliphatic rings. The number of hydrogen-bond acceptors (Lipinski definition) is 5. The molecule has 0 bridgehead atoms. The number of likely N-dealkylation sites (tertiary alicyclic amines) is 1. The summed E-state index contributed by atoms with van der Waals surface area (Å²) in [6, 6.07) is 8.59. The third-order valence-electron chi connectivity index (χ3n) is 4.63. The standard InChI is InChI=1S/C19H23FN4O2/c1-23(19(26)15-5-2-4-14(8-15)13-25)11-17-9-16(20)10-24(17)12-18-21-6-3-7-22-18/h2-8,16-17,25H,9-13H2,1H3/t16-,17-/m0/s1. The molecule has 2 atom stereocenters. The lowest BCUT2D eigenvalue weighted by Crippen LogP contribution is -2.41. The summed E-state index contributed by atoms with van der Waals surface area (Å²) in [5, 5.41) is 9.23. The van der Waals surface area contributed by atoms with Crippen LogP contribution in [-0.2, 0) is 13.2 Å². The van der Waals surface area contributed by atoms with E-state index in [0.29, 0.717) is 43.0 Å². The van der Waals surface area contributed by atoms with Crippen LogP contribution >= 0.6 is 0 Å². The molecule has 0 aliphatic carbocycles. The van der Waals surface area contributed by atoms with Gasteiger partial charge in [-0.2, -0.15) is 0 Å². The predicted molar refractivity (Wildman–Crippen MR) is 95.1 cm³/mol. The molecule has 1 amide bonds. The van der Waals surface area contributed by atoms with Crippen molar-refractivity contribution in [2.24, 2.45) is 0 Å². The van der Waals surface area contributed by atoms with Gasteiger partial charge < -0.3 is 10.0 Å². The second kappa shape index (κ2) is 8.33. The molecule has 1 N–H and O–H groups in total. The van der Waals surface area contributed by atoms with Crippen molar-refractivity contribution in [1.82, 2.24) is 19.8 Å². The van der Waals surface area contributed by atoms with Gasteiger partial charge in [0, 0.05) is 44.1 Å². The lowest BCUT2D eigenvalue weighted by Gasteiger charge is -2.28. The number of rotatable bonds is 6. The summed E-state index contributed by atoms with van der Waals surface area (Å²) in [4.78, 5) is 24.7. The summed E-state index contributed by atoms with van der Waals surface area (Å²) in [5.74, 6) is 0.509. The Morgan fingerprint density at radius 3 is 2.85 bits per heavy atom. The highest BCUT2D eigenvalue weighted by atomic mass is 19.1. The van der Waals surface area contributed by atoms with Crippen LogP contribution in [0.5, 0.6) is 0 Å². The van der Waals surface area contributed by atoms with Gasteiger partial charge in [0.2, 0.25) is 0 Å². The van der Waals surface area contributed by atoms with Crippen LogP contribution in [0, 0.1) is 0 Å². The second-order valence-corrected chi connectivity index (χ2v) is 6.63. The molecule has 0 saturated carbocycles. The van der Waals surface area contributed by atoms with Crippen LogP contribution in [0.25, 0.3) is 0 Å². The number of alkyl halides is 1. The normalized spacial score (nSPS) is 20.3. The monoisotopic (exact) mass is 358 g/mol. The molecule has 6 nitrogen and oxygen atoms in total. The Balaban J connectivity index is 1.66. The van der Waals surface area contributed by atoms with E-state index in [1.165, 1.54) is 0 Å². The summed E-state index contributed by atoms with van der Waals surface area (Å²) >= 11 is 0. The lowest BCUT2D eigenvalue weighted by atomic mass is 10.1. The zero-order valence-electron chi connectivity index (χ0n) is 14.8. The highest BCUT2D eigenvalue weighted by molar-refractivity contribution is 5.94. The van der Waals surface area contributed by atoms with Crippen molar-refractivity contribution in [2.75, 3.05) is 20.1 Å². The molecule has 2 heterocycles. The average molecular weight is 358 g/mol. The number of aliphatic hydroxyl groups excluding tert-OH is 1. The van der Waals surface area contributed by atoms with Gasteiger partial charge in [-0.25, -0.2) is 14.4 Å². The predicted octanol–water partition coefficient (Wildman–Crippen LogP) is 1.65. The molecule has 2 aromatic rings. The minimum absolute atomic E-state index is 0.0798. The first kappa shape index (κ1) is 18.4. The molecular formula is C19H23FN4O2. The molecular weight excluding hydrogens is 335 g/mol. The Labute approximate surface area is 152 Å². The van der Waals surface area contributed by atoms with Crippen LogP contribution in [0.1, 0.15) is 28.2 Å². The molecule has 1 saturated heterocycles. The Hall–Kier alpha value is -2.38. The van der Waals surface area contributed by atoms with E-state index in [4.69, 9.17) is 0 Å². The van der Waals surface area contributed by atoms with E-state index in [1.807, 2.05) is 4.90 Å². The fourth-order valence-corrected chi connectivity index (χ4v) is 3.32. The van der Waals surface area contributed by atoms with Gasteiger partial charge in [0.05, 0.1) is 13.2 Å². The molecule has 3 rings (SSSR count). The van der Waals surface area contributed by atoms with Crippen LogP contribution in [0.3, 0.4) is 0 Å². The number of halogens is 1. The Kier molecular flexibility index (Phi) is 5.90. The van der Waals surface area contributed by atoms with E-state index in [0.717, 1.165) is 0 Å². The molecule has 1 fully saturated rings. The zero-order chi connectivity index (χ0) is 18.5. The van der Waals surface area contributed by atoms with E-state index in [9.17, 15) is 14.3 Å². The number of likely N-dealkylation sites (N-methyl/N-ethyl adjacent to an activating group) is 1. The number of carbonyl (C=O) groups is 1. The van der Waals surface area contributed by atoms with E-state index in [1.54, 1.807) is 54.7 Å². The van der Waals surface area contributed by atoms with Crippen molar-refractivity contribution in [3.8, 4) is 0 Å². The van der Waals surface area contributed by atoms with Crippen LogP contribution in [0.15, 0.2) is 42.7 Å². The van der Waals surface area contributed by atoms with Crippen molar-refractivity contribution in [3.05, 3.63) is 59.7 Å². The van der Waals surface area contributed by atoms with Crippen LogP contribution in [0.2, 0.25) is 0 Å². The summed E-state index contributed by atoms with van der Waals surface area (Å²) in [6.45, 7) is 1.11. The fraction of sp³-hybridized carbons (Fsp3) is 0.421. The van der Waals surface area contributed by atoms with Crippen molar-refractivity contribution in [3.63, 3.8) is 0 Å². The number of amides is 1. The zero-order valence-corrected chi connectivity index (χ0v) is 14.8. The van der Waals surface area contributed by atoms with Gasteiger partial charge in [0.25, 0.3) is 5.91 Å². The lowest BCUT2D eigenvalue weighted by molar-refractivity contribution is 0.0748. The topological polar surface area (TPSA) is 69.6 Å². The van der Waals surface area contributed by atoms with Crippen molar-refractivity contribution in [1.29, 1.82) is 0 Å². The van der Waals surface area contributed by atoms with Crippen molar-refractivity contribution in [2.45, 2.75) is 31.8 Å². The average Bonchev–Trinajstić information content (AvgIpc) is 3.00. The highest BCUT2D eigenvalue weighted by Gasteiger charge is 2.34. The van der Waals surface area contributed by atoms with Gasteiger partial charge >= 0.3 is 0 Å². The van der Waals surface area contributed by atoms with Gasteiger partial charge in [-0.1, -0.05) is 12.1 Å². The summed E-state index contributed by atoms with van der Waals surface area (Å²) in [5.41, 5.74) is 1.21. The minimum atomic E-state index is -0.912. The largest absolute Gasteiger partial charge is 0.392 e. The first-order valence-corrected chi connectivity index (χ1v) is 8.66. The van der Waals surface area contributed by atoms with E-state index >= 15 is 0 Å². The number of benzene rings is 1. The molecule has 7 heteroatoms. The number of aliphatic hydroxyl groups is 1. The summed E-state index contributed by atoms with van der Waals surface area (Å²) < 4.78 is 14.0. The Bertz CT molecular complexity index is 743. The van der Waals surface area contributed by atoms with E-state index in [2.05, 4.69) is 9.97 Å². The SMILES string of the molecule is CN(C[C@@H]1C[C@H](F)CN1Cc1ncccn1)C(=O)c1cccc(CO)c1. The first-order valence-electron chi connectivity index (χ1n) is 8.66. The van der Waals surface area contributed by atoms with E-state index < -0.39 is 6.17 Å². The van der Waals surface area contributed by atoms with Crippen LogP contribution in [0.4, 0.5) is 4.39 Å². The fourth-order valence-electron chi connectivity index (χ4n) is 3.32. The third-order valence-corrected chi connectivity index (χ3v) is 4.63. The molecule has 0 radical (unpaired) electrons. The number of carbonyl (C=O) groups excluding carboxylic acids is 1. The second-order valence-electron chi connectivity index (χ2n) is 6.63. The highest BCUT2D eigenvalue weighted by Crippen LogP contribution is 2.23. The Morgan fingerprint density at radius 2 is 2.12 bits per heavy atom. The molecule has 26 heavy (non-hydrogen) atoms. The minimum Gasteiger partial charge on any atom is -0.392 e. The molecule has 0 unspecified atom stereocenters. The number of aromatic nitrogens is 2. The van der Waals surface area contributed by atoms with Gasteiger partial charge in [-0.05, 0) is 30.2 Å². The maximum Gasteiger partial charge on any atom is 0.253 e. The smallest absolute Gasteiger partial charge is 0.253 e. The van der Waals surface area contributed by atoms with Crippen LogP contribution in [-0.4, -0.2) is 63.1 Å². The van der Waals surface area contributed by atoms with Crippen LogP contribution < -0.4 is 0 Å². The molecule has 1 aromatic heterocycles. The van der Waals surface area contributed by atoms with Crippen molar-refractivity contribution >= 4 is 5.91 Å². The number of hydrogen-bond donors (Lipinski definition) is 1. The third kappa shape index (κ3) is 4.42. The number of nitrogens with zero attached hydrogens (tertiary/aromatic N) is 4. The van der Waals surface area contributed by atoms with Crippen molar-refractivity contribution < 1.29 is 14.3 Å². The van der Waals surface area contributed by atoms with Gasteiger partial charge in [0.15, 0.2) is 0 Å². The summed E-state index contributed by atoms with van der Waals surface area (Å²) in [7, 11) is 1.72. The first-order chi connectivity index (χ1) is 12.6. The summed E-state index contributed by atoms with van der Waals surface area (Å²) in [6.07, 6.45) is 2.82. The van der Waals surface area contributed by atoms with Gasteiger partial charge in [-0.15, -0.1) is 0 Å².